The second-order valence-electron chi connectivity index (χ2n) is 10.4. The first-order valence-electron chi connectivity index (χ1n) is 12.7. The smallest absolute Gasteiger partial charge is 0.410 e. The Morgan fingerprint density at radius 2 is 1.81 bits per heavy atom. The Hall–Kier alpha value is -2.98. The summed E-state index contributed by atoms with van der Waals surface area (Å²) in [7, 11) is 0. The molecule has 2 aliphatic rings. The van der Waals surface area contributed by atoms with Crippen LogP contribution < -0.4 is 9.80 Å². The minimum Gasteiger partial charge on any atom is -0.444 e. The number of carbonyl (C=O) groups excluding carboxylic acids is 1. The summed E-state index contributed by atoms with van der Waals surface area (Å²) in [6.45, 7) is 10.3. The predicted molar refractivity (Wildman–Crippen MR) is 147 cm³/mol. The van der Waals surface area contributed by atoms with Crippen LogP contribution >= 0.6 is 15.9 Å². The SMILES string of the molecule is CC(C)(C)OC(=O)N1CCN(c2nc(N3CCOCC3)nc3cncc(Br)c23)C[C@@H]1Cc1ccccc1. The van der Waals surface area contributed by atoms with Crippen LogP contribution in [-0.4, -0.2) is 83.5 Å². The largest absolute Gasteiger partial charge is 0.444 e. The Balaban J connectivity index is 1.50. The molecule has 2 saturated heterocycles. The van der Waals surface area contributed by atoms with Crippen molar-refractivity contribution in [3.63, 3.8) is 0 Å². The highest BCUT2D eigenvalue weighted by Gasteiger charge is 2.35. The van der Waals surface area contributed by atoms with Crippen molar-refractivity contribution < 1.29 is 14.3 Å². The van der Waals surface area contributed by atoms with E-state index in [4.69, 9.17) is 19.4 Å². The first kappa shape index (κ1) is 25.7. The summed E-state index contributed by atoms with van der Waals surface area (Å²) in [4.78, 5) is 33.8. The number of nitrogens with zero attached hydrogens (tertiary/aromatic N) is 6. The monoisotopic (exact) mass is 568 g/mol. The fraction of sp³-hybridized carbons (Fsp3) is 0.481. The van der Waals surface area contributed by atoms with Gasteiger partial charge in [-0.1, -0.05) is 30.3 Å². The Bertz CT molecular complexity index is 1250. The van der Waals surface area contributed by atoms with Crippen LogP contribution in [0, 0.1) is 0 Å². The van der Waals surface area contributed by atoms with Crippen molar-refractivity contribution in [1.29, 1.82) is 0 Å². The summed E-state index contributed by atoms with van der Waals surface area (Å²) in [6.07, 6.45) is 4.01. The molecule has 37 heavy (non-hydrogen) atoms. The van der Waals surface area contributed by atoms with Gasteiger partial charge in [0, 0.05) is 43.4 Å². The Morgan fingerprint density at radius 3 is 2.54 bits per heavy atom. The van der Waals surface area contributed by atoms with E-state index in [1.165, 1.54) is 5.56 Å². The van der Waals surface area contributed by atoms with Gasteiger partial charge in [-0.05, 0) is 48.7 Å². The number of anilines is 2. The van der Waals surface area contributed by atoms with Crippen molar-refractivity contribution in [2.75, 3.05) is 55.7 Å². The van der Waals surface area contributed by atoms with Gasteiger partial charge in [0.2, 0.25) is 5.95 Å². The van der Waals surface area contributed by atoms with Gasteiger partial charge in [0.15, 0.2) is 0 Å². The zero-order valence-electron chi connectivity index (χ0n) is 21.6. The van der Waals surface area contributed by atoms with Gasteiger partial charge in [-0.3, -0.25) is 4.98 Å². The Kier molecular flexibility index (Phi) is 7.48. The summed E-state index contributed by atoms with van der Waals surface area (Å²) in [6, 6.07) is 10.2. The molecule has 0 radical (unpaired) electrons. The standard InChI is InChI=1S/C27H33BrN6O3/c1-27(2,3)37-26(35)34-10-9-33(18-20(34)15-19-7-5-4-6-8-19)24-23-21(28)16-29-17-22(23)30-25(31-24)32-11-13-36-14-12-32/h4-8,16-17,20H,9-15,18H2,1-3H3/t20-/m0/s1. The number of halogens is 1. The van der Waals surface area contributed by atoms with Crippen LogP contribution in [-0.2, 0) is 15.9 Å². The fourth-order valence-electron chi connectivity index (χ4n) is 4.82. The second kappa shape index (κ2) is 10.8. The minimum absolute atomic E-state index is 0.0801. The van der Waals surface area contributed by atoms with Gasteiger partial charge < -0.3 is 24.2 Å². The molecule has 2 fully saturated rings. The molecule has 0 spiro atoms. The number of benzene rings is 1. The topological polar surface area (TPSA) is 83.9 Å². The maximum absolute atomic E-state index is 13.2. The highest BCUT2D eigenvalue weighted by Crippen LogP contribution is 2.34. The summed E-state index contributed by atoms with van der Waals surface area (Å²) in [5.41, 5.74) is 1.41. The highest BCUT2D eigenvalue weighted by molar-refractivity contribution is 9.10. The van der Waals surface area contributed by atoms with E-state index in [9.17, 15) is 4.79 Å². The number of hydrogen-bond donors (Lipinski definition) is 0. The van der Waals surface area contributed by atoms with Crippen LogP contribution in [0.5, 0.6) is 0 Å². The zero-order chi connectivity index (χ0) is 26.0. The lowest BCUT2D eigenvalue weighted by Crippen LogP contribution is -2.57. The van der Waals surface area contributed by atoms with Gasteiger partial charge in [-0.15, -0.1) is 0 Å². The average Bonchev–Trinajstić information content (AvgIpc) is 2.88. The van der Waals surface area contributed by atoms with E-state index in [2.05, 4.69) is 42.8 Å². The third kappa shape index (κ3) is 5.96. The quantitative estimate of drug-likeness (QED) is 0.460. The van der Waals surface area contributed by atoms with E-state index in [0.29, 0.717) is 38.8 Å². The molecule has 0 bridgehead atoms. The number of pyridine rings is 1. The molecule has 0 aliphatic carbocycles. The van der Waals surface area contributed by atoms with E-state index in [1.807, 2.05) is 43.9 Å². The fourth-order valence-corrected chi connectivity index (χ4v) is 5.32. The Morgan fingerprint density at radius 1 is 1.05 bits per heavy atom. The molecule has 0 unspecified atom stereocenters. The molecule has 1 amide bonds. The minimum atomic E-state index is -0.556. The molecule has 9 nitrogen and oxygen atoms in total. The number of carbonyl (C=O) groups is 1. The van der Waals surface area contributed by atoms with Gasteiger partial charge >= 0.3 is 6.09 Å². The summed E-state index contributed by atoms with van der Waals surface area (Å²) >= 11 is 3.68. The van der Waals surface area contributed by atoms with Crippen LogP contribution in [0.3, 0.4) is 0 Å². The maximum Gasteiger partial charge on any atom is 0.410 e. The van der Waals surface area contributed by atoms with E-state index in [1.54, 1.807) is 12.4 Å². The summed E-state index contributed by atoms with van der Waals surface area (Å²) < 4.78 is 12.2. The molecular weight excluding hydrogens is 536 g/mol. The molecule has 1 aromatic carbocycles. The molecule has 1 atom stereocenters. The molecule has 5 rings (SSSR count). The molecule has 10 heteroatoms. The number of fused-ring (bicyclic) bond motifs is 1. The van der Waals surface area contributed by atoms with Crippen molar-refractivity contribution >= 4 is 44.7 Å². The number of ether oxygens (including phenoxy) is 2. The number of amides is 1. The molecule has 3 aromatic rings. The molecule has 4 heterocycles. The lowest BCUT2D eigenvalue weighted by Gasteiger charge is -2.42. The molecule has 196 valence electrons. The van der Waals surface area contributed by atoms with Crippen LogP contribution in [0.4, 0.5) is 16.6 Å². The molecular formula is C27H33BrN6O3. The first-order chi connectivity index (χ1) is 17.8. The lowest BCUT2D eigenvalue weighted by atomic mass is 10.0. The van der Waals surface area contributed by atoms with Gasteiger partial charge in [-0.25, -0.2) is 9.78 Å². The van der Waals surface area contributed by atoms with Crippen LogP contribution in [0.25, 0.3) is 10.9 Å². The van der Waals surface area contributed by atoms with Gasteiger partial charge in [0.25, 0.3) is 0 Å². The van der Waals surface area contributed by atoms with Crippen LogP contribution in [0.1, 0.15) is 26.3 Å². The van der Waals surface area contributed by atoms with Gasteiger partial charge in [-0.2, -0.15) is 4.98 Å². The number of hydrogen-bond acceptors (Lipinski definition) is 8. The summed E-state index contributed by atoms with van der Waals surface area (Å²) in [5, 5.41) is 0.927. The predicted octanol–water partition coefficient (Wildman–Crippen LogP) is 4.29. The van der Waals surface area contributed by atoms with E-state index in [-0.39, 0.29) is 12.1 Å². The molecule has 2 aliphatic heterocycles. The molecule has 2 aromatic heterocycles. The third-order valence-electron chi connectivity index (χ3n) is 6.55. The van der Waals surface area contributed by atoms with Crippen LogP contribution in [0.2, 0.25) is 0 Å². The van der Waals surface area contributed by atoms with Crippen molar-refractivity contribution in [3.05, 3.63) is 52.8 Å². The van der Waals surface area contributed by atoms with E-state index in [0.717, 1.165) is 40.7 Å². The number of aromatic nitrogens is 3. The van der Waals surface area contributed by atoms with Crippen molar-refractivity contribution in [1.82, 2.24) is 19.9 Å². The third-order valence-corrected chi connectivity index (χ3v) is 7.15. The van der Waals surface area contributed by atoms with Crippen molar-refractivity contribution in [2.24, 2.45) is 0 Å². The zero-order valence-corrected chi connectivity index (χ0v) is 23.1. The number of piperazine rings is 1. The number of morpholine rings is 1. The Labute approximate surface area is 225 Å². The number of rotatable bonds is 4. The lowest BCUT2D eigenvalue weighted by molar-refractivity contribution is 0.0141. The normalized spacial score (nSPS) is 18.8. The first-order valence-corrected chi connectivity index (χ1v) is 13.5. The molecule has 0 N–H and O–H groups in total. The van der Waals surface area contributed by atoms with Gasteiger partial charge in [0.05, 0.1) is 36.4 Å². The summed E-state index contributed by atoms with van der Waals surface area (Å²) in [5.74, 6) is 1.53. The highest BCUT2D eigenvalue weighted by atomic mass is 79.9. The molecule has 0 saturated carbocycles. The average molecular weight is 570 g/mol. The van der Waals surface area contributed by atoms with Gasteiger partial charge in [0.1, 0.15) is 11.4 Å². The second-order valence-corrected chi connectivity index (χ2v) is 11.3. The van der Waals surface area contributed by atoms with Crippen molar-refractivity contribution in [2.45, 2.75) is 38.8 Å². The van der Waals surface area contributed by atoms with Crippen molar-refractivity contribution in [3.8, 4) is 0 Å². The van der Waals surface area contributed by atoms with E-state index >= 15 is 0 Å². The van der Waals surface area contributed by atoms with Crippen LogP contribution in [0.15, 0.2) is 47.2 Å². The van der Waals surface area contributed by atoms with E-state index < -0.39 is 5.60 Å². The maximum atomic E-state index is 13.2.